The lowest BCUT2D eigenvalue weighted by atomic mass is 10.1. The van der Waals surface area contributed by atoms with Gasteiger partial charge in [-0.25, -0.2) is 0 Å². The second kappa shape index (κ2) is 7.73. The smallest absolute Gasteiger partial charge is 0.227 e. The van der Waals surface area contributed by atoms with Crippen molar-refractivity contribution >= 4 is 22.4 Å². The molecule has 1 amide bonds. The Kier molecular flexibility index (Phi) is 5.43. The molecule has 0 bridgehead atoms. The Morgan fingerprint density at radius 1 is 1.12 bits per heavy atom. The molecule has 0 heterocycles. The van der Waals surface area contributed by atoms with E-state index in [0.29, 0.717) is 5.75 Å². The van der Waals surface area contributed by atoms with E-state index in [1.807, 2.05) is 54.6 Å². The lowest BCUT2D eigenvalue weighted by Crippen LogP contribution is -2.23. The fourth-order valence-electron chi connectivity index (χ4n) is 3.04. The van der Waals surface area contributed by atoms with Gasteiger partial charge in [0.25, 0.3) is 0 Å². The summed E-state index contributed by atoms with van der Waals surface area (Å²) in [7, 11) is -1.09. The first-order valence-electron chi connectivity index (χ1n) is 8.20. The highest BCUT2D eigenvalue weighted by atomic mass is 32.2. The van der Waals surface area contributed by atoms with Gasteiger partial charge in [0.15, 0.2) is 0 Å². The molecule has 0 aliphatic heterocycles. The minimum absolute atomic E-state index is 0.00195. The van der Waals surface area contributed by atoms with E-state index in [1.165, 1.54) is 0 Å². The van der Waals surface area contributed by atoms with Crippen molar-refractivity contribution in [1.29, 1.82) is 0 Å². The Balaban J connectivity index is 1.64. The van der Waals surface area contributed by atoms with Crippen LogP contribution in [0.3, 0.4) is 0 Å². The predicted octanol–water partition coefficient (Wildman–Crippen LogP) is 3.06. The van der Waals surface area contributed by atoms with E-state index in [9.17, 15) is 9.00 Å². The molecule has 1 fully saturated rings. The van der Waals surface area contributed by atoms with Crippen LogP contribution >= 0.6 is 0 Å². The Bertz CT molecular complexity index is 733. The molecule has 1 aliphatic rings. The Hall–Kier alpha value is -1.98. The monoisotopic (exact) mass is 342 g/mol. The van der Waals surface area contributed by atoms with Gasteiger partial charge >= 0.3 is 0 Å². The minimum Gasteiger partial charge on any atom is -0.328 e. The highest BCUT2D eigenvalue weighted by molar-refractivity contribution is 7.84. The van der Waals surface area contributed by atoms with Gasteiger partial charge in [-0.3, -0.25) is 9.00 Å². The molecule has 0 aromatic heterocycles. The van der Waals surface area contributed by atoms with Gasteiger partial charge in [0, 0.05) is 22.5 Å². The summed E-state index contributed by atoms with van der Waals surface area (Å²) < 4.78 is 12.4. The molecule has 0 saturated heterocycles. The summed E-state index contributed by atoms with van der Waals surface area (Å²) in [6.45, 7) is 0. The number of nitrogens with one attached hydrogen (secondary N) is 1. The van der Waals surface area contributed by atoms with E-state index in [0.717, 1.165) is 35.4 Å². The molecule has 126 valence electrons. The fraction of sp³-hybridized carbons (Fsp3) is 0.316. The molecular formula is C19H22N2O2S. The summed E-state index contributed by atoms with van der Waals surface area (Å²) in [5.41, 5.74) is 7.57. The number of hydrogen-bond donors (Lipinski definition) is 2. The zero-order valence-electron chi connectivity index (χ0n) is 13.5. The Morgan fingerprint density at radius 2 is 1.92 bits per heavy atom. The molecule has 3 rings (SSSR count). The van der Waals surface area contributed by atoms with Gasteiger partial charge in [0.2, 0.25) is 5.91 Å². The highest BCUT2D eigenvalue weighted by Gasteiger charge is 2.27. The quantitative estimate of drug-likeness (QED) is 0.877. The van der Waals surface area contributed by atoms with E-state index in [1.54, 1.807) is 0 Å². The SMILES string of the molecule is NC1CCC(C(=O)Nc2cccc(CS(=O)c3ccccc3)c2)C1. The summed E-state index contributed by atoms with van der Waals surface area (Å²) in [5.74, 6) is 0.466. The molecule has 4 nitrogen and oxygen atoms in total. The number of amides is 1. The molecule has 1 saturated carbocycles. The van der Waals surface area contributed by atoms with E-state index in [-0.39, 0.29) is 17.9 Å². The van der Waals surface area contributed by atoms with Crippen LogP contribution in [-0.4, -0.2) is 16.2 Å². The number of rotatable bonds is 5. The van der Waals surface area contributed by atoms with Gasteiger partial charge in [-0.05, 0) is 49.1 Å². The molecule has 2 aromatic rings. The standard InChI is InChI=1S/C19H22N2O2S/c20-16-10-9-15(12-16)19(22)21-17-6-4-5-14(11-17)13-24(23)18-7-2-1-3-8-18/h1-8,11,15-16H,9-10,12-13,20H2,(H,21,22). The van der Waals surface area contributed by atoms with E-state index in [2.05, 4.69) is 5.32 Å². The molecule has 2 aromatic carbocycles. The van der Waals surface area contributed by atoms with Gasteiger partial charge < -0.3 is 11.1 Å². The number of anilines is 1. The van der Waals surface area contributed by atoms with Gasteiger partial charge in [-0.1, -0.05) is 30.3 Å². The molecule has 1 aliphatic carbocycles. The van der Waals surface area contributed by atoms with Crippen LogP contribution in [0.2, 0.25) is 0 Å². The molecule has 3 atom stereocenters. The maximum atomic E-state index is 12.4. The first kappa shape index (κ1) is 16.9. The van der Waals surface area contributed by atoms with Crippen molar-refractivity contribution in [2.45, 2.75) is 36.0 Å². The van der Waals surface area contributed by atoms with Crippen molar-refractivity contribution in [3.8, 4) is 0 Å². The highest BCUT2D eigenvalue weighted by Crippen LogP contribution is 2.25. The zero-order valence-corrected chi connectivity index (χ0v) is 14.3. The largest absolute Gasteiger partial charge is 0.328 e. The third-order valence-electron chi connectivity index (χ3n) is 4.34. The summed E-state index contributed by atoms with van der Waals surface area (Å²) in [6, 6.07) is 17.1. The summed E-state index contributed by atoms with van der Waals surface area (Å²) in [5, 5.41) is 2.96. The van der Waals surface area contributed by atoms with E-state index in [4.69, 9.17) is 5.73 Å². The molecule has 3 N–H and O–H groups in total. The second-order valence-electron chi connectivity index (χ2n) is 6.26. The average Bonchev–Trinajstić information content (AvgIpc) is 3.02. The third-order valence-corrected chi connectivity index (χ3v) is 5.74. The fourth-order valence-corrected chi connectivity index (χ4v) is 4.15. The van der Waals surface area contributed by atoms with Crippen LogP contribution < -0.4 is 11.1 Å². The molecule has 0 spiro atoms. The van der Waals surface area contributed by atoms with Crippen LogP contribution in [0.4, 0.5) is 5.69 Å². The molecule has 24 heavy (non-hydrogen) atoms. The molecule has 5 heteroatoms. The molecule has 0 radical (unpaired) electrons. The third kappa shape index (κ3) is 4.30. The van der Waals surface area contributed by atoms with Crippen molar-refractivity contribution in [2.75, 3.05) is 5.32 Å². The summed E-state index contributed by atoms with van der Waals surface area (Å²) in [4.78, 5) is 13.1. The first-order valence-corrected chi connectivity index (χ1v) is 9.52. The summed E-state index contributed by atoms with van der Waals surface area (Å²) >= 11 is 0. The van der Waals surface area contributed by atoms with Crippen LogP contribution in [0.1, 0.15) is 24.8 Å². The second-order valence-corrected chi connectivity index (χ2v) is 7.71. The van der Waals surface area contributed by atoms with Crippen LogP contribution in [0.15, 0.2) is 59.5 Å². The van der Waals surface area contributed by atoms with Crippen LogP contribution in [-0.2, 0) is 21.3 Å². The van der Waals surface area contributed by atoms with Gasteiger partial charge in [-0.2, -0.15) is 0 Å². The number of nitrogens with two attached hydrogens (primary N) is 1. The van der Waals surface area contributed by atoms with Gasteiger partial charge in [-0.15, -0.1) is 0 Å². The van der Waals surface area contributed by atoms with Crippen molar-refractivity contribution < 1.29 is 9.00 Å². The van der Waals surface area contributed by atoms with Crippen LogP contribution in [0.5, 0.6) is 0 Å². The number of benzene rings is 2. The van der Waals surface area contributed by atoms with E-state index < -0.39 is 10.8 Å². The van der Waals surface area contributed by atoms with Crippen molar-refractivity contribution in [3.05, 3.63) is 60.2 Å². The lowest BCUT2D eigenvalue weighted by Gasteiger charge is -2.12. The molecular weight excluding hydrogens is 320 g/mol. The first-order chi connectivity index (χ1) is 11.6. The Morgan fingerprint density at radius 3 is 2.62 bits per heavy atom. The predicted molar refractivity (Wildman–Crippen MR) is 96.9 cm³/mol. The Labute approximate surface area is 144 Å². The van der Waals surface area contributed by atoms with Gasteiger partial charge in [0.1, 0.15) is 0 Å². The average molecular weight is 342 g/mol. The number of carbonyl (C=O) groups is 1. The topological polar surface area (TPSA) is 72.2 Å². The van der Waals surface area contributed by atoms with Crippen molar-refractivity contribution in [2.24, 2.45) is 11.7 Å². The maximum absolute atomic E-state index is 12.4. The van der Waals surface area contributed by atoms with E-state index >= 15 is 0 Å². The maximum Gasteiger partial charge on any atom is 0.227 e. The summed E-state index contributed by atoms with van der Waals surface area (Å²) in [6.07, 6.45) is 2.52. The van der Waals surface area contributed by atoms with Crippen LogP contribution in [0.25, 0.3) is 0 Å². The van der Waals surface area contributed by atoms with Crippen molar-refractivity contribution in [1.82, 2.24) is 0 Å². The van der Waals surface area contributed by atoms with Gasteiger partial charge in [0.05, 0.1) is 16.6 Å². The zero-order chi connectivity index (χ0) is 16.9. The lowest BCUT2D eigenvalue weighted by molar-refractivity contribution is -0.119. The normalized spacial score (nSPS) is 21.4. The number of carbonyl (C=O) groups excluding carboxylic acids is 1. The van der Waals surface area contributed by atoms with Crippen molar-refractivity contribution in [3.63, 3.8) is 0 Å². The number of hydrogen-bond acceptors (Lipinski definition) is 3. The van der Waals surface area contributed by atoms with Crippen LogP contribution in [0, 0.1) is 5.92 Å². The minimum atomic E-state index is -1.09. The molecule has 3 unspecified atom stereocenters.